The minimum atomic E-state index is -4.78. The summed E-state index contributed by atoms with van der Waals surface area (Å²) in [5, 5.41) is 30.7. The number of aromatic hydroxyl groups is 1. The molecule has 42 heavy (non-hydrogen) atoms. The van der Waals surface area contributed by atoms with E-state index in [1.54, 1.807) is 6.07 Å². The molecule has 230 valence electrons. The van der Waals surface area contributed by atoms with E-state index in [0.717, 1.165) is 11.3 Å². The molecule has 0 saturated carbocycles. The Bertz CT molecular complexity index is 1280. The molecule has 0 saturated heterocycles. The highest BCUT2D eigenvalue weighted by atomic mass is 19.4. The van der Waals surface area contributed by atoms with Crippen LogP contribution in [0.25, 0.3) is 0 Å². The van der Waals surface area contributed by atoms with Gasteiger partial charge in [-0.05, 0) is 78.8 Å². The number of alkyl halides is 3. The van der Waals surface area contributed by atoms with Crippen LogP contribution in [-0.4, -0.2) is 66.5 Å². The van der Waals surface area contributed by atoms with Crippen molar-refractivity contribution < 1.29 is 47.6 Å². The Morgan fingerprint density at radius 1 is 1.12 bits per heavy atom. The van der Waals surface area contributed by atoms with Gasteiger partial charge in [-0.1, -0.05) is 12.1 Å². The Balaban J connectivity index is 1.83. The first-order chi connectivity index (χ1) is 19.7. The molecule has 0 heterocycles. The molecule has 3 atom stereocenters. The van der Waals surface area contributed by atoms with Crippen LogP contribution in [0, 0.1) is 17.8 Å². The van der Waals surface area contributed by atoms with E-state index in [4.69, 9.17) is 5.73 Å². The molecule has 0 bridgehead atoms. The summed E-state index contributed by atoms with van der Waals surface area (Å²) >= 11 is 0. The third-order valence-electron chi connectivity index (χ3n) is 7.69. The average molecular weight is 595 g/mol. The number of phenols is 1. The van der Waals surface area contributed by atoms with Crippen LogP contribution >= 0.6 is 0 Å². The van der Waals surface area contributed by atoms with Crippen LogP contribution in [0.5, 0.6) is 11.5 Å². The average Bonchev–Trinajstić information content (AvgIpc) is 2.88. The molecule has 12 heteroatoms. The number of benzene rings is 2. The van der Waals surface area contributed by atoms with Crippen molar-refractivity contribution in [2.24, 2.45) is 23.5 Å². The number of phenolic OH excluding ortho intramolecular Hbond substituents is 1. The van der Waals surface area contributed by atoms with E-state index in [1.807, 2.05) is 19.0 Å². The van der Waals surface area contributed by atoms with Crippen LogP contribution in [0.3, 0.4) is 0 Å². The minimum Gasteiger partial charge on any atom is -0.507 e. The van der Waals surface area contributed by atoms with Crippen molar-refractivity contribution in [3.63, 3.8) is 0 Å². The Hall–Kier alpha value is -3.64. The van der Waals surface area contributed by atoms with Gasteiger partial charge in [-0.2, -0.15) is 0 Å². The van der Waals surface area contributed by atoms with Gasteiger partial charge in [-0.15, -0.1) is 13.2 Å². The second kappa shape index (κ2) is 14.0. The number of aryl methyl sites for hydroxylation is 2. The van der Waals surface area contributed by atoms with Gasteiger partial charge in [0.25, 0.3) is 0 Å². The Morgan fingerprint density at radius 2 is 1.79 bits per heavy atom. The number of hydrogen-bond acceptors (Lipinski definition) is 8. The summed E-state index contributed by atoms with van der Waals surface area (Å²) in [6.07, 6.45) is -3.55. The van der Waals surface area contributed by atoms with Crippen molar-refractivity contribution in [1.82, 2.24) is 0 Å². The van der Waals surface area contributed by atoms with Gasteiger partial charge in [0, 0.05) is 38.7 Å². The minimum absolute atomic E-state index is 0.0850. The summed E-state index contributed by atoms with van der Waals surface area (Å²) in [6, 6.07) is 7.25. The quantitative estimate of drug-likeness (QED) is 0.243. The lowest BCUT2D eigenvalue weighted by atomic mass is 9.73. The summed E-state index contributed by atoms with van der Waals surface area (Å²) in [4.78, 5) is 39.1. The Kier molecular flexibility index (Phi) is 11.0. The lowest BCUT2D eigenvalue weighted by molar-refractivity contribution is -0.274. The smallest absolute Gasteiger partial charge is 0.507 e. The summed E-state index contributed by atoms with van der Waals surface area (Å²) in [5.41, 5.74) is 8.02. The number of halogens is 3. The van der Waals surface area contributed by atoms with E-state index < -0.39 is 42.9 Å². The first-order valence-corrected chi connectivity index (χ1v) is 13.7. The zero-order valence-corrected chi connectivity index (χ0v) is 23.6. The number of anilines is 1. The molecule has 3 unspecified atom stereocenters. The molecule has 0 spiro atoms. The standard InChI is InChI=1S/C30H37F3N2O7/c1-35(2)24-14-20(6-3-17-4-7-21(8-5-17)42-30(31,32)33)29(41)28-22(24)12-18(13-26(28)39)11-19(9-10-36)23(16-37)25(38)15-27(34)40/h4-5,7-8,14,18-19,23,36-37,41H,3,6,9-13,15-16H2,1-2H3,(H2,34,40). The number of nitrogens with two attached hydrogens (primary N) is 1. The fourth-order valence-corrected chi connectivity index (χ4v) is 5.77. The predicted octanol–water partition coefficient (Wildman–Crippen LogP) is 3.33. The molecule has 0 radical (unpaired) electrons. The van der Waals surface area contributed by atoms with Crippen molar-refractivity contribution in [3.05, 3.63) is 52.6 Å². The number of carbonyl (C=O) groups excluding carboxylic acids is 3. The first kappa shape index (κ1) is 32.9. The number of aliphatic hydroxyl groups is 2. The zero-order chi connectivity index (χ0) is 31.2. The number of hydrogen-bond donors (Lipinski definition) is 4. The Labute approximate surface area is 242 Å². The molecule has 9 nitrogen and oxygen atoms in total. The van der Waals surface area contributed by atoms with Gasteiger partial charge in [0.05, 0.1) is 18.6 Å². The van der Waals surface area contributed by atoms with E-state index in [2.05, 4.69) is 4.74 Å². The number of aliphatic hydroxyl groups excluding tert-OH is 2. The number of primary amides is 1. The molecule has 2 aromatic carbocycles. The summed E-state index contributed by atoms with van der Waals surface area (Å²) in [6.45, 7) is -0.757. The van der Waals surface area contributed by atoms with Crippen LogP contribution in [0.15, 0.2) is 30.3 Å². The van der Waals surface area contributed by atoms with Gasteiger partial charge < -0.3 is 30.7 Å². The van der Waals surface area contributed by atoms with E-state index in [1.165, 1.54) is 24.3 Å². The SMILES string of the molecule is CN(C)c1cc(CCc2ccc(OC(F)(F)F)cc2)c(O)c2c1CC(CC(CCO)C(CO)C(=O)CC(N)=O)CC2=O. The third kappa shape index (κ3) is 8.45. The van der Waals surface area contributed by atoms with Crippen molar-refractivity contribution in [2.45, 2.75) is 51.3 Å². The fraction of sp³-hybridized carbons (Fsp3) is 0.500. The molecule has 3 rings (SSSR count). The van der Waals surface area contributed by atoms with Crippen LogP contribution in [0.1, 0.15) is 52.7 Å². The highest BCUT2D eigenvalue weighted by Gasteiger charge is 2.36. The number of nitrogens with zero attached hydrogens (tertiary/aromatic N) is 1. The first-order valence-electron chi connectivity index (χ1n) is 13.7. The molecule has 1 aliphatic carbocycles. The van der Waals surface area contributed by atoms with Crippen LogP contribution in [0.4, 0.5) is 18.9 Å². The summed E-state index contributed by atoms with van der Waals surface area (Å²) in [7, 11) is 3.62. The molecule has 0 aromatic heterocycles. The molecule has 1 amide bonds. The number of carbonyl (C=O) groups is 3. The molecule has 2 aromatic rings. The monoisotopic (exact) mass is 594 g/mol. The summed E-state index contributed by atoms with van der Waals surface area (Å²) < 4.78 is 41.2. The molecule has 0 fully saturated rings. The van der Waals surface area contributed by atoms with Crippen LogP contribution in [-0.2, 0) is 28.9 Å². The third-order valence-corrected chi connectivity index (χ3v) is 7.69. The van der Waals surface area contributed by atoms with E-state index >= 15 is 0 Å². The van der Waals surface area contributed by atoms with Crippen molar-refractivity contribution >= 4 is 23.2 Å². The van der Waals surface area contributed by atoms with Crippen molar-refractivity contribution in [1.29, 1.82) is 0 Å². The maximum Gasteiger partial charge on any atom is 0.573 e. The normalized spacial score (nSPS) is 16.5. The fourth-order valence-electron chi connectivity index (χ4n) is 5.77. The van der Waals surface area contributed by atoms with Crippen molar-refractivity contribution in [2.75, 3.05) is 32.2 Å². The topological polar surface area (TPSA) is 150 Å². The van der Waals surface area contributed by atoms with Crippen molar-refractivity contribution in [3.8, 4) is 11.5 Å². The van der Waals surface area contributed by atoms with E-state index in [-0.39, 0.29) is 48.2 Å². The summed E-state index contributed by atoms with van der Waals surface area (Å²) in [5.74, 6) is -3.67. The van der Waals surface area contributed by atoms with Gasteiger partial charge in [-0.25, -0.2) is 0 Å². The van der Waals surface area contributed by atoms with E-state index in [9.17, 15) is 42.9 Å². The van der Waals surface area contributed by atoms with Crippen LogP contribution in [0.2, 0.25) is 0 Å². The van der Waals surface area contributed by atoms with Gasteiger partial charge in [0.2, 0.25) is 5.91 Å². The molecule has 5 N–H and O–H groups in total. The number of fused-ring (bicyclic) bond motifs is 1. The maximum absolute atomic E-state index is 13.4. The maximum atomic E-state index is 13.4. The zero-order valence-electron chi connectivity index (χ0n) is 23.6. The Morgan fingerprint density at radius 3 is 2.33 bits per heavy atom. The number of Topliss-reactive ketones (excluding diaryl/α,β-unsaturated/α-hetero) is 2. The number of ketones is 2. The highest BCUT2D eigenvalue weighted by molar-refractivity contribution is 6.03. The largest absolute Gasteiger partial charge is 0.573 e. The lowest BCUT2D eigenvalue weighted by Crippen LogP contribution is -2.34. The predicted molar refractivity (Wildman–Crippen MR) is 148 cm³/mol. The number of rotatable bonds is 14. The second-order valence-electron chi connectivity index (χ2n) is 10.9. The van der Waals surface area contributed by atoms with E-state index in [0.29, 0.717) is 36.8 Å². The van der Waals surface area contributed by atoms with Gasteiger partial charge in [-0.3, -0.25) is 14.4 Å². The number of amides is 1. The van der Waals surface area contributed by atoms with Gasteiger partial charge in [0.15, 0.2) is 5.78 Å². The molecule has 1 aliphatic rings. The molecular formula is C30H37F3N2O7. The van der Waals surface area contributed by atoms with Gasteiger partial charge >= 0.3 is 6.36 Å². The highest BCUT2D eigenvalue weighted by Crippen LogP contribution is 2.42. The molecular weight excluding hydrogens is 557 g/mol. The number of ether oxygens (including phenoxy) is 1. The van der Waals surface area contributed by atoms with Crippen LogP contribution < -0.4 is 15.4 Å². The van der Waals surface area contributed by atoms with Gasteiger partial charge in [0.1, 0.15) is 17.3 Å². The molecule has 0 aliphatic heterocycles. The second-order valence-corrected chi connectivity index (χ2v) is 10.9. The lowest BCUT2D eigenvalue weighted by Gasteiger charge is -2.33.